The fourth-order valence-electron chi connectivity index (χ4n) is 4.21. The highest BCUT2D eigenvalue weighted by Gasteiger charge is 2.54. The molecule has 3 aliphatic rings. The number of ketones is 2. The first-order valence-electron chi connectivity index (χ1n) is 8.83. The molecule has 0 aromatic carbocycles. The van der Waals surface area contributed by atoms with E-state index in [1.165, 1.54) is 6.92 Å². The lowest BCUT2D eigenvalue weighted by atomic mass is 9.76. The van der Waals surface area contributed by atoms with Crippen molar-refractivity contribution in [1.82, 2.24) is 0 Å². The number of carbonyl (C=O) groups excluding carboxylic acids is 3. The highest BCUT2D eigenvalue weighted by molar-refractivity contribution is 6.10. The van der Waals surface area contributed by atoms with Crippen LogP contribution >= 0.6 is 0 Å². The van der Waals surface area contributed by atoms with E-state index in [4.69, 9.17) is 4.74 Å². The minimum absolute atomic E-state index is 0.0181. The van der Waals surface area contributed by atoms with Gasteiger partial charge < -0.3 is 14.9 Å². The Morgan fingerprint density at radius 1 is 1.35 bits per heavy atom. The molecule has 4 bridgehead atoms. The third-order valence-corrected chi connectivity index (χ3v) is 5.94. The molecule has 0 fully saturated rings. The first-order chi connectivity index (χ1) is 12.1. The number of Topliss-reactive ketones (excluding diaryl/α,β-unsaturated/α-hetero) is 2. The Labute approximate surface area is 152 Å². The van der Waals surface area contributed by atoms with E-state index in [1.807, 2.05) is 0 Å². The largest absolute Gasteiger partial charge is 0.450 e. The summed E-state index contributed by atoms with van der Waals surface area (Å²) >= 11 is 0. The van der Waals surface area contributed by atoms with Crippen LogP contribution in [0.2, 0.25) is 0 Å². The second kappa shape index (κ2) is 6.28. The molecule has 5 atom stereocenters. The average Bonchev–Trinajstić information content (AvgIpc) is 3.03. The third kappa shape index (κ3) is 2.68. The van der Waals surface area contributed by atoms with Gasteiger partial charge in [-0.3, -0.25) is 9.59 Å². The summed E-state index contributed by atoms with van der Waals surface area (Å²) in [6.45, 7) is 8.70. The number of fused-ring (bicyclic) bond motifs is 4. The molecule has 26 heavy (non-hydrogen) atoms. The summed E-state index contributed by atoms with van der Waals surface area (Å²) in [7, 11) is 0. The van der Waals surface area contributed by atoms with Crippen molar-refractivity contribution in [3.05, 3.63) is 34.9 Å². The second-order valence-electron chi connectivity index (χ2n) is 7.70. The smallest absolute Gasteiger partial charge is 0.334 e. The maximum atomic E-state index is 12.9. The molecule has 2 N–H and O–H groups in total. The maximum absolute atomic E-state index is 12.9. The van der Waals surface area contributed by atoms with Gasteiger partial charge in [0.25, 0.3) is 0 Å². The zero-order valence-electron chi connectivity index (χ0n) is 15.2. The SMILES string of the molecule is C=C(C)C1CCC2=CC(OC2=O)C2=C(C)CC(O)(C2=O)C(C)C(=O)C1O. The van der Waals surface area contributed by atoms with Gasteiger partial charge in [-0.1, -0.05) is 24.6 Å². The molecule has 0 saturated carbocycles. The van der Waals surface area contributed by atoms with E-state index in [0.717, 1.165) is 0 Å². The zero-order chi connectivity index (χ0) is 19.4. The number of aliphatic hydroxyl groups excluding tert-OH is 1. The Balaban J connectivity index is 2.10. The first-order valence-corrected chi connectivity index (χ1v) is 8.83. The van der Waals surface area contributed by atoms with Gasteiger partial charge in [0, 0.05) is 23.5 Å². The van der Waals surface area contributed by atoms with Crippen molar-refractivity contribution in [2.24, 2.45) is 11.8 Å². The van der Waals surface area contributed by atoms with Crippen molar-refractivity contribution in [2.45, 2.75) is 57.8 Å². The molecule has 1 heterocycles. The van der Waals surface area contributed by atoms with Crippen LogP contribution in [-0.2, 0) is 19.1 Å². The summed E-state index contributed by atoms with van der Waals surface area (Å²) in [5.74, 6) is -3.35. The summed E-state index contributed by atoms with van der Waals surface area (Å²) in [6.07, 6.45) is 0.0470. The normalized spacial score (nSPS) is 37.9. The number of ether oxygens (including phenoxy) is 1. The van der Waals surface area contributed by atoms with Gasteiger partial charge in [0.1, 0.15) is 17.8 Å². The van der Waals surface area contributed by atoms with Crippen molar-refractivity contribution in [1.29, 1.82) is 0 Å². The van der Waals surface area contributed by atoms with Crippen LogP contribution < -0.4 is 0 Å². The van der Waals surface area contributed by atoms with Crippen LogP contribution in [-0.4, -0.2) is 45.6 Å². The van der Waals surface area contributed by atoms with Crippen LogP contribution in [0.4, 0.5) is 0 Å². The van der Waals surface area contributed by atoms with Crippen LogP contribution in [0.15, 0.2) is 34.9 Å². The Kier molecular flexibility index (Phi) is 4.53. The number of esters is 1. The molecule has 1 aliphatic heterocycles. The molecule has 6 heteroatoms. The van der Waals surface area contributed by atoms with E-state index < -0.39 is 47.2 Å². The van der Waals surface area contributed by atoms with Gasteiger partial charge in [-0.2, -0.15) is 0 Å². The maximum Gasteiger partial charge on any atom is 0.334 e. The molecular formula is C20H24O6. The molecule has 0 aromatic heterocycles. The molecule has 3 rings (SSSR count). The predicted octanol–water partition coefficient (Wildman–Crippen LogP) is 1.41. The van der Waals surface area contributed by atoms with Crippen molar-refractivity contribution >= 4 is 17.5 Å². The lowest BCUT2D eigenvalue weighted by molar-refractivity contribution is -0.151. The Morgan fingerprint density at radius 2 is 2.00 bits per heavy atom. The van der Waals surface area contributed by atoms with Crippen LogP contribution in [0.3, 0.4) is 0 Å². The molecule has 0 amide bonds. The van der Waals surface area contributed by atoms with E-state index >= 15 is 0 Å². The van der Waals surface area contributed by atoms with Gasteiger partial charge in [0.2, 0.25) is 0 Å². The topological polar surface area (TPSA) is 101 Å². The van der Waals surface area contributed by atoms with Crippen molar-refractivity contribution in [2.75, 3.05) is 0 Å². The van der Waals surface area contributed by atoms with Gasteiger partial charge in [-0.25, -0.2) is 4.79 Å². The third-order valence-electron chi connectivity index (χ3n) is 5.94. The molecular weight excluding hydrogens is 336 g/mol. The van der Waals surface area contributed by atoms with E-state index in [0.29, 0.717) is 29.6 Å². The average molecular weight is 360 g/mol. The van der Waals surface area contributed by atoms with Gasteiger partial charge in [-0.05, 0) is 32.8 Å². The molecule has 0 aromatic rings. The lowest BCUT2D eigenvalue weighted by Gasteiger charge is -2.32. The first kappa shape index (κ1) is 18.7. The second-order valence-corrected chi connectivity index (χ2v) is 7.70. The van der Waals surface area contributed by atoms with E-state index in [1.54, 1.807) is 19.9 Å². The fourth-order valence-corrected chi connectivity index (χ4v) is 4.21. The number of hydrogen-bond acceptors (Lipinski definition) is 6. The summed E-state index contributed by atoms with van der Waals surface area (Å²) < 4.78 is 5.35. The van der Waals surface area contributed by atoms with Crippen LogP contribution in [0, 0.1) is 11.8 Å². The molecule has 0 saturated heterocycles. The Bertz CT molecular complexity index is 773. The predicted molar refractivity (Wildman–Crippen MR) is 93.0 cm³/mol. The van der Waals surface area contributed by atoms with Crippen molar-refractivity contribution in [3.63, 3.8) is 0 Å². The molecule has 5 unspecified atom stereocenters. The standard InChI is InChI=1S/C20H24O6/c1-9(2)13-6-5-12-7-14(26-19(12)24)15-10(3)8-20(25,18(15)23)11(4)16(21)17(13)22/h7,11,13-14,17,22,25H,1,5-6,8H2,2-4H3. The lowest BCUT2D eigenvalue weighted by Crippen LogP contribution is -2.50. The van der Waals surface area contributed by atoms with Gasteiger partial charge in [0.15, 0.2) is 11.6 Å². The van der Waals surface area contributed by atoms with Crippen molar-refractivity contribution < 1.29 is 29.3 Å². The van der Waals surface area contributed by atoms with Gasteiger partial charge >= 0.3 is 5.97 Å². The highest BCUT2D eigenvalue weighted by atomic mass is 16.5. The van der Waals surface area contributed by atoms with E-state index in [2.05, 4.69) is 6.58 Å². The van der Waals surface area contributed by atoms with Crippen molar-refractivity contribution in [3.8, 4) is 0 Å². The summed E-state index contributed by atoms with van der Waals surface area (Å²) in [4.78, 5) is 38.0. The Morgan fingerprint density at radius 3 is 2.62 bits per heavy atom. The number of hydrogen-bond donors (Lipinski definition) is 2. The monoisotopic (exact) mass is 360 g/mol. The Hall–Kier alpha value is -2.05. The molecule has 2 aliphatic carbocycles. The molecule has 0 spiro atoms. The van der Waals surface area contributed by atoms with E-state index in [-0.39, 0.29) is 12.0 Å². The van der Waals surface area contributed by atoms with E-state index in [9.17, 15) is 24.6 Å². The quantitative estimate of drug-likeness (QED) is 0.542. The molecule has 0 radical (unpaired) electrons. The fraction of sp³-hybridized carbons (Fsp3) is 0.550. The zero-order valence-corrected chi connectivity index (χ0v) is 15.2. The summed E-state index contributed by atoms with van der Waals surface area (Å²) in [5.41, 5.74) is -0.0738. The number of rotatable bonds is 1. The molecule has 140 valence electrons. The van der Waals surface area contributed by atoms with Gasteiger partial charge in [0.05, 0.1) is 5.92 Å². The summed E-state index contributed by atoms with van der Waals surface area (Å²) in [6, 6.07) is 0. The van der Waals surface area contributed by atoms with Gasteiger partial charge in [-0.15, -0.1) is 0 Å². The minimum Gasteiger partial charge on any atom is -0.450 e. The summed E-state index contributed by atoms with van der Waals surface area (Å²) in [5, 5.41) is 21.6. The van der Waals surface area contributed by atoms with Crippen LogP contribution in [0.25, 0.3) is 0 Å². The minimum atomic E-state index is -1.93. The number of carbonyl (C=O) groups is 3. The van der Waals surface area contributed by atoms with Crippen LogP contribution in [0.5, 0.6) is 0 Å². The number of aliphatic hydroxyl groups is 2. The molecule has 6 nitrogen and oxygen atoms in total. The van der Waals surface area contributed by atoms with Crippen LogP contribution in [0.1, 0.15) is 40.0 Å². The highest BCUT2D eigenvalue weighted by Crippen LogP contribution is 2.42.